The van der Waals surface area contributed by atoms with E-state index in [2.05, 4.69) is 0 Å². The molecule has 2 rings (SSSR count). The molecule has 120 valence electrons. The lowest BCUT2D eigenvalue weighted by Gasteiger charge is -2.32. The van der Waals surface area contributed by atoms with Crippen LogP contribution >= 0.6 is 0 Å². The van der Waals surface area contributed by atoms with Gasteiger partial charge in [-0.3, -0.25) is 4.79 Å². The van der Waals surface area contributed by atoms with Crippen molar-refractivity contribution in [2.24, 2.45) is 0 Å². The van der Waals surface area contributed by atoms with E-state index < -0.39 is 0 Å². The molecule has 1 atom stereocenters. The highest BCUT2D eigenvalue weighted by Gasteiger charge is 2.52. The van der Waals surface area contributed by atoms with E-state index in [1.165, 1.54) is 0 Å². The Morgan fingerprint density at radius 3 is 2.23 bits per heavy atom. The Balaban J connectivity index is 2.08. The average molecular weight is 302 g/mol. The molecular weight excluding hydrogens is 275 g/mol. The quantitative estimate of drug-likeness (QED) is 0.612. The second-order valence-electron chi connectivity index (χ2n) is 7.55. The number of aryl methyl sites for hydroxylation is 2. The zero-order valence-electron chi connectivity index (χ0n) is 14.8. The van der Waals surface area contributed by atoms with E-state index in [0.29, 0.717) is 6.42 Å². The standard InChI is InChI=1S/C18H27BO3/c1-12-8-9-13(2)15(10-12)16(20)11-14(3)19-21-17(4,5)18(6,7)22-19/h8-10,14H,11H2,1-7H3/t14-/m0/s1. The van der Waals surface area contributed by atoms with Gasteiger partial charge in [0.1, 0.15) is 0 Å². The summed E-state index contributed by atoms with van der Waals surface area (Å²) in [4.78, 5) is 12.6. The third kappa shape index (κ3) is 3.28. The van der Waals surface area contributed by atoms with Crippen LogP contribution in [0.15, 0.2) is 18.2 Å². The van der Waals surface area contributed by atoms with Crippen molar-refractivity contribution in [3.8, 4) is 0 Å². The maximum atomic E-state index is 12.6. The van der Waals surface area contributed by atoms with Crippen molar-refractivity contribution in [3.05, 3.63) is 34.9 Å². The van der Waals surface area contributed by atoms with Crippen molar-refractivity contribution >= 4 is 12.9 Å². The molecule has 0 bridgehead atoms. The maximum absolute atomic E-state index is 12.6. The lowest BCUT2D eigenvalue weighted by molar-refractivity contribution is 0.00578. The van der Waals surface area contributed by atoms with E-state index in [-0.39, 0.29) is 29.9 Å². The number of carbonyl (C=O) groups is 1. The summed E-state index contributed by atoms with van der Waals surface area (Å²) in [5.74, 6) is 0.178. The van der Waals surface area contributed by atoms with Gasteiger partial charge in [-0.2, -0.15) is 0 Å². The van der Waals surface area contributed by atoms with Gasteiger partial charge >= 0.3 is 7.12 Å². The topological polar surface area (TPSA) is 35.5 Å². The Kier molecular flexibility index (Phi) is 4.56. The molecule has 0 saturated carbocycles. The Bertz CT molecular complexity index is 562. The molecule has 1 aromatic carbocycles. The van der Waals surface area contributed by atoms with Crippen LogP contribution in [0.1, 0.15) is 62.5 Å². The van der Waals surface area contributed by atoms with Gasteiger partial charge in [0.25, 0.3) is 0 Å². The summed E-state index contributed by atoms with van der Waals surface area (Å²) >= 11 is 0. The fourth-order valence-electron chi connectivity index (χ4n) is 2.66. The van der Waals surface area contributed by atoms with Crippen LogP contribution in [0.5, 0.6) is 0 Å². The molecule has 1 fully saturated rings. The molecule has 1 aliphatic rings. The molecular formula is C18H27BO3. The van der Waals surface area contributed by atoms with Crippen LogP contribution in [0, 0.1) is 13.8 Å². The first-order chi connectivity index (χ1) is 10.0. The summed E-state index contributed by atoms with van der Waals surface area (Å²) in [7, 11) is -0.334. The molecule has 0 radical (unpaired) electrons. The van der Waals surface area contributed by atoms with Crippen molar-refractivity contribution in [3.63, 3.8) is 0 Å². The van der Waals surface area contributed by atoms with Crippen LogP contribution in [-0.4, -0.2) is 24.1 Å². The predicted octanol–water partition coefficient (Wildman–Crippen LogP) is 4.36. The molecule has 0 aromatic heterocycles. The number of rotatable bonds is 4. The van der Waals surface area contributed by atoms with Gasteiger partial charge in [-0.05, 0) is 59.0 Å². The monoisotopic (exact) mass is 302 g/mol. The lowest BCUT2D eigenvalue weighted by Crippen LogP contribution is -2.41. The third-order valence-electron chi connectivity index (χ3n) is 4.94. The molecule has 0 amide bonds. The van der Waals surface area contributed by atoms with Crippen LogP contribution in [0.25, 0.3) is 0 Å². The van der Waals surface area contributed by atoms with Crippen molar-refractivity contribution in [2.45, 2.75) is 71.9 Å². The highest BCUT2D eigenvalue weighted by Crippen LogP contribution is 2.40. The summed E-state index contributed by atoms with van der Waals surface area (Å²) in [6.45, 7) is 14.1. The lowest BCUT2D eigenvalue weighted by atomic mass is 9.70. The maximum Gasteiger partial charge on any atom is 0.461 e. The Morgan fingerprint density at radius 2 is 1.68 bits per heavy atom. The summed E-state index contributed by atoms with van der Waals surface area (Å²) in [5, 5.41) is 0. The number of carbonyl (C=O) groups excluding carboxylic acids is 1. The zero-order valence-corrected chi connectivity index (χ0v) is 14.8. The molecule has 1 heterocycles. The summed E-state index contributed by atoms with van der Waals surface area (Å²) < 4.78 is 12.1. The first-order valence-corrected chi connectivity index (χ1v) is 7.99. The number of hydrogen-bond acceptors (Lipinski definition) is 3. The van der Waals surface area contributed by atoms with E-state index in [0.717, 1.165) is 16.7 Å². The second kappa shape index (κ2) is 5.82. The highest BCUT2D eigenvalue weighted by molar-refractivity contribution is 6.47. The normalized spacial score (nSPS) is 21.0. The van der Waals surface area contributed by atoms with Crippen LogP contribution < -0.4 is 0 Å². The van der Waals surface area contributed by atoms with Crippen LogP contribution in [-0.2, 0) is 9.31 Å². The van der Waals surface area contributed by atoms with Gasteiger partial charge in [-0.25, -0.2) is 0 Å². The van der Waals surface area contributed by atoms with Crippen molar-refractivity contribution in [1.82, 2.24) is 0 Å². The van der Waals surface area contributed by atoms with E-state index in [1.807, 2.05) is 66.7 Å². The summed E-state index contributed by atoms with van der Waals surface area (Å²) in [6, 6.07) is 6.00. The minimum Gasteiger partial charge on any atom is -0.403 e. The molecule has 22 heavy (non-hydrogen) atoms. The fourth-order valence-corrected chi connectivity index (χ4v) is 2.66. The second-order valence-corrected chi connectivity index (χ2v) is 7.55. The minimum atomic E-state index is -0.353. The Hall–Kier alpha value is -1.13. The SMILES string of the molecule is Cc1ccc(C)c(C(=O)C[C@H](C)B2OC(C)(C)C(C)(C)O2)c1. The van der Waals surface area contributed by atoms with Gasteiger partial charge in [-0.1, -0.05) is 24.6 Å². The number of hydrogen-bond donors (Lipinski definition) is 0. The molecule has 0 N–H and O–H groups in total. The third-order valence-corrected chi connectivity index (χ3v) is 4.94. The largest absolute Gasteiger partial charge is 0.461 e. The molecule has 0 aliphatic carbocycles. The van der Waals surface area contributed by atoms with Gasteiger partial charge < -0.3 is 9.31 Å². The molecule has 1 aromatic rings. The molecule has 4 heteroatoms. The zero-order chi connectivity index (χ0) is 16.7. The van der Waals surface area contributed by atoms with Gasteiger partial charge in [0, 0.05) is 12.0 Å². The molecule has 3 nitrogen and oxygen atoms in total. The fraction of sp³-hybridized carbons (Fsp3) is 0.611. The number of Topliss-reactive ketones (excluding diaryl/α,β-unsaturated/α-hetero) is 1. The predicted molar refractivity (Wildman–Crippen MR) is 90.4 cm³/mol. The van der Waals surface area contributed by atoms with Gasteiger partial charge in [-0.15, -0.1) is 0 Å². The smallest absolute Gasteiger partial charge is 0.403 e. The summed E-state index contributed by atoms with van der Waals surface area (Å²) in [5.41, 5.74) is 2.24. The Morgan fingerprint density at radius 1 is 1.14 bits per heavy atom. The molecule has 1 aliphatic heterocycles. The minimum absolute atomic E-state index is 0.0217. The molecule has 0 spiro atoms. The first kappa shape index (κ1) is 17.2. The average Bonchev–Trinajstić information content (AvgIpc) is 2.61. The van der Waals surface area contributed by atoms with Crippen molar-refractivity contribution in [1.29, 1.82) is 0 Å². The van der Waals surface area contributed by atoms with E-state index in [1.54, 1.807) is 0 Å². The van der Waals surface area contributed by atoms with E-state index in [4.69, 9.17) is 9.31 Å². The molecule has 0 unspecified atom stereocenters. The van der Waals surface area contributed by atoms with E-state index in [9.17, 15) is 4.79 Å². The molecule has 1 saturated heterocycles. The van der Waals surface area contributed by atoms with Crippen LogP contribution in [0.3, 0.4) is 0 Å². The van der Waals surface area contributed by atoms with E-state index >= 15 is 0 Å². The van der Waals surface area contributed by atoms with Gasteiger partial charge in [0.05, 0.1) is 11.2 Å². The Labute approximate surface area is 134 Å². The summed E-state index contributed by atoms with van der Waals surface area (Å²) in [6.07, 6.45) is 0.432. The van der Waals surface area contributed by atoms with Crippen molar-refractivity contribution in [2.75, 3.05) is 0 Å². The highest BCUT2D eigenvalue weighted by atomic mass is 16.7. The van der Waals surface area contributed by atoms with Crippen LogP contribution in [0.4, 0.5) is 0 Å². The van der Waals surface area contributed by atoms with Gasteiger partial charge in [0.2, 0.25) is 0 Å². The van der Waals surface area contributed by atoms with Crippen LogP contribution in [0.2, 0.25) is 5.82 Å². The number of ketones is 1. The first-order valence-electron chi connectivity index (χ1n) is 7.99. The van der Waals surface area contributed by atoms with Gasteiger partial charge in [0.15, 0.2) is 5.78 Å². The number of benzene rings is 1. The van der Waals surface area contributed by atoms with Crippen molar-refractivity contribution < 1.29 is 14.1 Å².